The van der Waals surface area contributed by atoms with E-state index in [4.69, 9.17) is 16.3 Å². The second kappa shape index (κ2) is 4.94. The van der Waals surface area contributed by atoms with Crippen LogP contribution in [0, 0.1) is 0 Å². The van der Waals surface area contributed by atoms with Crippen molar-refractivity contribution in [3.05, 3.63) is 29.3 Å². The molecule has 1 saturated heterocycles. The summed E-state index contributed by atoms with van der Waals surface area (Å²) < 4.78 is 31.3. The molecule has 0 aromatic heterocycles. The minimum Gasteiger partial charge on any atom is -0.362 e. The lowest BCUT2D eigenvalue weighted by atomic mass is 10.4. The summed E-state index contributed by atoms with van der Waals surface area (Å²) in [6.45, 7) is 2.84. The van der Waals surface area contributed by atoms with E-state index in [1.165, 1.54) is 16.4 Å². The summed E-state index contributed by atoms with van der Waals surface area (Å²) in [4.78, 5) is 0.249. The number of halogens is 1. The fourth-order valence-electron chi connectivity index (χ4n) is 1.80. The van der Waals surface area contributed by atoms with Crippen LogP contribution in [-0.4, -0.2) is 32.1 Å². The third-order valence-electron chi connectivity index (χ3n) is 2.71. The van der Waals surface area contributed by atoms with Crippen molar-refractivity contribution in [3.63, 3.8) is 0 Å². The maximum Gasteiger partial charge on any atom is 0.245 e. The van der Waals surface area contributed by atoms with Gasteiger partial charge in [-0.15, -0.1) is 0 Å². The van der Waals surface area contributed by atoms with Crippen molar-refractivity contribution >= 4 is 21.6 Å². The molecule has 6 heteroatoms. The average molecular weight is 276 g/mol. The Bertz CT molecular complexity index is 486. The van der Waals surface area contributed by atoms with E-state index >= 15 is 0 Å². The van der Waals surface area contributed by atoms with Gasteiger partial charge >= 0.3 is 0 Å². The fourth-order valence-corrected chi connectivity index (χ4v) is 3.49. The Kier molecular flexibility index (Phi) is 3.73. The van der Waals surface area contributed by atoms with Crippen molar-refractivity contribution < 1.29 is 13.2 Å². The summed E-state index contributed by atoms with van der Waals surface area (Å²) in [5.41, 5.74) is 0. The molecule has 0 bridgehead atoms. The van der Waals surface area contributed by atoms with Crippen LogP contribution in [0.15, 0.2) is 29.2 Å². The van der Waals surface area contributed by atoms with Crippen LogP contribution in [0.25, 0.3) is 0 Å². The first-order chi connectivity index (χ1) is 8.01. The molecule has 1 atom stereocenters. The molecule has 1 unspecified atom stereocenters. The van der Waals surface area contributed by atoms with Gasteiger partial charge in [-0.3, -0.25) is 0 Å². The molecule has 0 amide bonds. The van der Waals surface area contributed by atoms with Gasteiger partial charge in [-0.2, -0.15) is 4.31 Å². The summed E-state index contributed by atoms with van der Waals surface area (Å²) in [5, 5.41) is 0.520. The molecule has 1 aliphatic rings. The Morgan fingerprint density at radius 2 is 2.00 bits per heavy atom. The van der Waals surface area contributed by atoms with E-state index in [9.17, 15) is 8.42 Å². The number of rotatable bonds is 2. The standard InChI is InChI=1S/C11H14ClNO3S/c1-9-13(7-2-8-16-9)17(14,15)11-5-3-10(12)4-6-11/h3-6,9H,2,7-8H2,1H3. The van der Waals surface area contributed by atoms with Crippen molar-refractivity contribution in [1.29, 1.82) is 0 Å². The van der Waals surface area contributed by atoms with Crippen LogP contribution < -0.4 is 0 Å². The topological polar surface area (TPSA) is 46.6 Å². The van der Waals surface area contributed by atoms with Crippen molar-refractivity contribution in [3.8, 4) is 0 Å². The summed E-state index contributed by atoms with van der Waals surface area (Å²) >= 11 is 5.74. The Morgan fingerprint density at radius 3 is 2.59 bits per heavy atom. The maximum atomic E-state index is 12.3. The molecule has 0 spiro atoms. The molecule has 0 N–H and O–H groups in total. The third kappa shape index (κ3) is 2.63. The van der Waals surface area contributed by atoms with E-state index in [1.54, 1.807) is 19.1 Å². The zero-order chi connectivity index (χ0) is 12.5. The molecule has 4 nitrogen and oxygen atoms in total. The van der Waals surface area contributed by atoms with Gasteiger partial charge in [0.2, 0.25) is 10.0 Å². The fraction of sp³-hybridized carbons (Fsp3) is 0.455. The Morgan fingerprint density at radius 1 is 1.35 bits per heavy atom. The highest BCUT2D eigenvalue weighted by molar-refractivity contribution is 7.89. The van der Waals surface area contributed by atoms with Crippen LogP contribution >= 0.6 is 11.6 Å². The van der Waals surface area contributed by atoms with Gasteiger partial charge in [0, 0.05) is 18.2 Å². The first kappa shape index (κ1) is 12.8. The van der Waals surface area contributed by atoms with Gasteiger partial charge in [0.1, 0.15) is 6.23 Å². The van der Waals surface area contributed by atoms with Crippen molar-refractivity contribution in [1.82, 2.24) is 4.31 Å². The van der Waals surface area contributed by atoms with Crippen molar-refractivity contribution in [2.75, 3.05) is 13.2 Å². The highest BCUT2D eigenvalue weighted by Crippen LogP contribution is 2.23. The summed E-state index contributed by atoms with van der Waals surface area (Å²) in [6.07, 6.45) is 0.307. The highest BCUT2D eigenvalue weighted by atomic mass is 35.5. The van der Waals surface area contributed by atoms with Crippen LogP contribution in [0.2, 0.25) is 5.02 Å². The molecule has 1 heterocycles. The smallest absolute Gasteiger partial charge is 0.245 e. The molecular weight excluding hydrogens is 262 g/mol. The quantitative estimate of drug-likeness (QED) is 0.830. The van der Waals surface area contributed by atoms with Crippen molar-refractivity contribution in [2.45, 2.75) is 24.5 Å². The van der Waals surface area contributed by atoms with E-state index < -0.39 is 16.3 Å². The van der Waals surface area contributed by atoms with Crippen LogP contribution in [-0.2, 0) is 14.8 Å². The zero-order valence-electron chi connectivity index (χ0n) is 9.47. The number of benzene rings is 1. The van der Waals surface area contributed by atoms with Gasteiger partial charge in [-0.05, 0) is 37.6 Å². The van der Waals surface area contributed by atoms with E-state index in [2.05, 4.69) is 0 Å². The zero-order valence-corrected chi connectivity index (χ0v) is 11.0. The number of ether oxygens (including phenoxy) is 1. The largest absolute Gasteiger partial charge is 0.362 e. The van der Waals surface area contributed by atoms with Gasteiger partial charge < -0.3 is 4.74 Å². The lowest BCUT2D eigenvalue weighted by molar-refractivity contribution is -0.0410. The third-order valence-corrected chi connectivity index (χ3v) is 4.92. The summed E-state index contributed by atoms with van der Waals surface area (Å²) in [6, 6.07) is 6.17. The number of sulfonamides is 1. The van der Waals surface area contributed by atoms with Gasteiger partial charge in [0.05, 0.1) is 4.90 Å². The molecule has 0 saturated carbocycles. The van der Waals surface area contributed by atoms with E-state index in [-0.39, 0.29) is 4.90 Å². The van der Waals surface area contributed by atoms with Crippen molar-refractivity contribution in [2.24, 2.45) is 0 Å². The second-order valence-electron chi connectivity index (χ2n) is 3.89. The van der Waals surface area contributed by atoms with Crippen LogP contribution in [0.4, 0.5) is 0 Å². The summed E-state index contributed by atoms with van der Waals surface area (Å²) in [7, 11) is -3.48. The van der Waals surface area contributed by atoms with Gasteiger partial charge in [0.25, 0.3) is 0 Å². The Labute approximate surface area is 106 Å². The van der Waals surface area contributed by atoms with E-state index in [0.717, 1.165) is 6.42 Å². The molecule has 1 aromatic rings. The molecule has 2 rings (SSSR count). The van der Waals surface area contributed by atoms with E-state index in [1.807, 2.05) is 0 Å². The molecule has 1 aliphatic heterocycles. The van der Waals surface area contributed by atoms with Gasteiger partial charge in [-0.1, -0.05) is 11.6 Å². The second-order valence-corrected chi connectivity index (χ2v) is 6.22. The number of hydrogen-bond donors (Lipinski definition) is 0. The normalized spacial score (nSPS) is 22.6. The Balaban J connectivity index is 2.32. The monoisotopic (exact) mass is 275 g/mol. The lowest BCUT2D eigenvalue weighted by Gasteiger charge is -2.32. The van der Waals surface area contributed by atoms with Crippen LogP contribution in [0.5, 0.6) is 0 Å². The molecule has 1 aromatic carbocycles. The Hall–Kier alpha value is -0.620. The maximum absolute atomic E-state index is 12.3. The predicted molar refractivity (Wildman–Crippen MR) is 65.4 cm³/mol. The summed E-state index contributed by atoms with van der Waals surface area (Å²) in [5.74, 6) is 0. The average Bonchev–Trinajstić information content (AvgIpc) is 2.30. The first-order valence-corrected chi connectivity index (χ1v) is 7.22. The minimum absolute atomic E-state index is 0.249. The van der Waals surface area contributed by atoms with Crippen LogP contribution in [0.1, 0.15) is 13.3 Å². The predicted octanol–water partition coefficient (Wildman–Crippen LogP) is 2.10. The molecule has 94 valence electrons. The lowest BCUT2D eigenvalue weighted by Crippen LogP contribution is -2.44. The molecular formula is C11H14ClNO3S. The van der Waals surface area contributed by atoms with Crippen LogP contribution in [0.3, 0.4) is 0 Å². The van der Waals surface area contributed by atoms with E-state index in [0.29, 0.717) is 18.2 Å². The minimum atomic E-state index is -3.48. The SMILES string of the molecule is CC1OCCCN1S(=O)(=O)c1ccc(Cl)cc1. The number of hydrogen-bond acceptors (Lipinski definition) is 3. The van der Waals surface area contributed by atoms with Gasteiger partial charge in [-0.25, -0.2) is 8.42 Å². The highest BCUT2D eigenvalue weighted by Gasteiger charge is 2.31. The first-order valence-electron chi connectivity index (χ1n) is 5.41. The number of nitrogens with zero attached hydrogens (tertiary/aromatic N) is 1. The molecule has 1 fully saturated rings. The van der Waals surface area contributed by atoms with Gasteiger partial charge in [0.15, 0.2) is 0 Å². The molecule has 0 aliphatic carbocycles. The molecule has 0 radical (unpaired) electrons. The molecule has 17 heavy (non-hydrogen) atoms.